The van der Waals surface area contributed by atoms with Gasteiger partial charge in [-0.3, -0.25) is 4.79 Å². The topological polar surface area (TPSA) is 64.1 Å². The molecule has 0 aliphatic carbocycles. The van der Waals surface area contributed by atoms with Gasteiger partial charge in [-0.1, -0.05) is 99.1 Å². The van der Waals surface area contributed by atoms with Crippen LogP contribution in [-0.4, -0.2) is 24.2 Å². The van der Waals surface area contributed by atoms with E-state index in [1.54, 1.807) is 6.20 Å². The number of aryl methyl sites for hydroxylation is 1. The third-order valence-corrected chi connectivity index (χ3v) is 11.5. The number of carbonyl (C=O) groups is 1. The molecule has 0 radical (unpaired) electrons. The van der Waals surface area contributed by atoms with E-state index in [-0.39, 0.29) is 17.4 Å². The van der Waals surface area contributed by atoms with Crippen molar-refractivity contribution in [1.29, 1.82) is 0 Å². The molecule has 0 spiro atoms. The molecule has 39 heavy (non-hydrogen) atoms. The lowest BCUT2D eigenvalue weighted by Gasteiger charge is -2.36. The maximum atomic E-state index is 13.0. The van der Waals surface area contributed by atoms with Gasteiger partial charge < -0.3 is 9.74 Å². The van der Waals surface area contributed by atoms with Crippen molar-refractivity contribution in [3.63, 3.8) is 0 Å². The van der Waals surface area contributed by atoms with Gasteiger partial charge in [-0.25, -0.2) is 9.97 Å². The van der Waals surface area contributed by atoms with E-state index >= 15 is 0 Å². The molecule has 0 bridgehead atoms. The number of hydrogen-bond acceptors (Lipinski definition) is 4. The van der Waals surface area contributed by atoms with Gasteiger partial charge >= 0.3 is 0 Å². The number of aromatic nitrogens is 2. The number of nitrogens with zero attached hydrogens (tertiary/aromatic N) is 2. The molecule has 1 amide bonds. The molecule has 0 unspecified atom stereocenters. The summed E-state index contributed by atoms with van der Waals surface area (Å²) in [7, 11) is -1.92. The van der Waals surface area contributed by atoms with Crippen LogP contribution in [0.1, 0.15) is 43.2 Å². The molecule has 6 heteroatoms. The molecule has 1 N–H and O–H groups in total. The molecule has 4 rings (SSSR count). The van der Waals surface area contributed by atoms with Gasteiger partial charge in [0, 0.05) is 5.56 Å². The number of hydrogen-bond donors (Lipinski definition) is 1. The van der Waals surface area contributed by atoms with Gasteiger partial charge in [-0.05, 0) is 54.4 Å². The summed E-state index contributed by atoms with van der Waals surface area (Å²) < 4.78 is 6.37. The number of amides is 1. The van der Waals surface area contributed by atoms with Gasteiger partial charge in [-0.2, -0.15) is 0 Å². The lowest BCUT2D eigenvalue weighted by Crippen LogP contribution is -2.43. The van der Waals surface area contributed by atoms with Crippen LogP contribution in [0.25, 0.3) is 23.4 Å². The van der Waals surface area contributed by atoms with Crippen LogP contribution in [-0.2, 0) is 11.2 Å². The highest BCUT2D eigenvalue weighted by atomic mass is 28.4. The Morgan fingerprint density at radius 2 is 1.59 bits per heavy atom. The van der Waals surface area contributed by atoms with Crippen LogP contribution in [0.4, 0.5) is 5.82 Å². The van der Waals surface area contributed by atoms with Gasteiger partial charge in [0.25, 0.3) is 0 Å². The van der Waals surface area contributed by atoms with E-state index in [0.717, 1.165) is 28.1 Å². The van der Waals surface area contributed by atoms with E-state index in [0.29, 0.717) is 11.5 Å². The summed E-state index contributed by atoms with van der Waals surface area (Å²) in [5.74, 6) is 1.12. The van der Waals surface area contributed by atoms with Gasteiger partial charge in [0.1, 0.15) is 11.4 Å². The Kier molecular flexibility index (Phi) is 8.46. The van der Waals surface area contributed by atoms with Crippen molar-refractivity contribution < 1.29 is 9.22 Å². The first-order valence-electron chi connectivity index (χ1n) is 13.3. The predicted molar refractivity (Wildman–Crippen MR) is 164 cm³/mol. The number of anilines is 1. The van der Waals surface area contributed by atoms with Crippen molar-refractivity contribution in [3.05, 3.63) is 107 Å². The first kappa shape index (κ1) is 28.0. The Balaban J connectivity index is 1.52. The predicted octanol–water partition coefficient (Wildman–Crippen LogP) is 8.19. The van der Waals surface area contributed by atoms with E-state index < -0.39 is 8.32 Å². The fourth-order valence-corrected chi connectivity index (χ4v) is 4.73. The lowest BCUT2D eigenvalue weighted by molar-refractivity contribution is -0.115. The SMILES string of the molecule is Cc1ccc(-c2cnc(NC(=O)Cc3ccc(O[Si](C)(C)C(C)(C)C)cc3)c(/C=C\c3ccccc3)n2)cc1. The highest BCUT2D eigenvalue weighted by molar-refractivity contribution is 6.74. The Hall–Kier alpha value is -4.03. The molecule has 0 saturated carbocycles. The van der Waals surface area contributed by atoms with Crippen molar-refractivity contribution >= 4 is 32.2 Å². The normalized spacial score (nSPS) is 11.9. The van der Waals surface area contributed by atoms with Crippen molar-refractivity contribution in [2.24, 2.45) is 0 Å². The summed E-state index contributed by atoms with van der Waals surface area (Å²) in [4.78, 5) is 22.4. The van der Waals surface area contributed by atoms with Crippen LogP contribution >= 0.6 is 0 Å². The quantitative estimate of drug-likeness (QED) is 0.231. The van der Waals surface area contributed by atoms with Gasteiger partial charge in [0.2, 0.25) is 14.2 Å². The summed E-state index contributed by atoms with van der Waals surface area (Å²) >= 11 is 0. The third kappa shape index (κ3) is 7.51. The summed E-state index contributed by atoms with van der Waals surface area (Å²) in [6, 6.07) is 25.9. The van der Waals surface area contributed by atoms with E-state index in [1.807, 2.05) is 78.9 Å². The number of nitrogens with one attached hydrogen (secondary N) is 1. The van der Waals surface area contributed by atoms with Crippen molar-refractivity contribution in [2.45, 2.75) is 52.2 Å². The van der Waals surface area contributed by atoms with E-state index in [1.165, 1.54) is 5.56 Å². The zero-order valence-corrected chi connectivity index (χ0v) is 24.7. The molecule has 5 nitrogen and oxygen atoms in total. The van der Waals surface area contributed by atoms with Crippen molar-refractivity contribution in [1.82, 2.24) is 9.97 Å². The average Bonchev–Trinajstić information content (AvgIpc) is 2.89. The number of rotatable bonds is 8. The molecule has 0 atom stereocenters. The number of carbonyl (C=O) groups excluding carboxylic acids is 1. The van der Waals surface area contributed by atoms with Crippen molar-refractivity contribution in [2.75, 3.05) is 5.32 Å². The minimum atomic E-state index is -1.92. The van der Waals surface area contributed by atoms with Gasteiger partial charge in [0.15, 0.2) is 5.82 Å². The minimum Gasteiger partial charge on any atom is -0.544 e. The van der Waals surface area contributed by atoms with Crippen LogP contribution < -0.4 is 9.74 Å². The average molecular weight is 536 g/mol. The Morgan fingerprint density at radius 3 is 2.23 bits per heavy atom. The molecule has 4 aromatic rings. The van der Waals surface area contributed by atoms with E-state index in [4.69, 9.17) is 9.41 Å². The monoisotopic (exact) mass is 535 g/mol. The first-order valence-corrected chi connectivity index (χ1v) is 16.2. The second-order valence-corrected chi connectivity index (χ2v) is 16.1. The third-order valence-electron chi connectivity index (χ3n) is 7.11. The zero-order valence-electron chi connectivity index (χ0n) is 23.7. The fourth-order valence-electron chi connectivity index (χ4n) is 3.70. The minimum absolute atomic E-state index is 0.119. The molecular formula is C33H37N3O2Si. The molecule has 0 fully saturated rings. The van der Waals surface area contributed by atoms with Crippen LogP contribution in [0, 0.1) is 6.92 Å². The smallest absolute Gasteiger partial charge is 0.250 e. The van der Waals surface area contributed by atoms with Crippen LogP contribution in [0.3, 0.4) is 0 Å². The highest BCUT2D eigenvalue weighted by Crippen LogP contribution is 2.37. The summed E-state index contributed by atoms with van der Waals surface area (Å²) in [6.45, 7) is 13.2. The molecular weight excluding hydrogens is 498 g/mol. The van der Waals surface area contributed by atoms with Crippen LogP contribution in [0.5, 0.6) is 5.75 Å². The molecule has 1 heterocycles. The summed E-state index contributed by atoms with van der Waals surface area (Å²) in [5, 5.41) is 3.09. The Labute approximate surface area is 233 Å². The molecule has 0 aliphatic heterocycles. The summed E-state index contributed by atoms with van der Waals surface area (Å²) in [6.07, 6.45) is 5.79. The van der Waals surface area contributed by atoms with Crippen LogP contribution in [0.15, 0.2) is 85.1 Å². The van der Waals surface area contributed by atoms with E-state index in [9.17, 15) is 4.79 Å². The fraction of sp³-hybridized carbons (Fsp3) is 0.242. The maximum Gasteiger partial charge on any atom is 0.250 e. The molecule has 1 aromatic heterocycles. The summed E-state index contributed by atoms with van der Waals surface area (Å²) in [5.41, 5.74) is 5.44. The molecule has 3 aromatic carbocycles. The second-order valence-electron chi connectivity index (χ2n) is 11.3. The second kappa shape index (κ2) is 11.8. The largest absolute Gasteiger partial charge is 0.544 e. The lowest BCUT2D eigenvalue weighted by atomic mass is 10.1. The van der Waals surface area contributed by atoms with E-state index in [2.05, 4.69) is 63.2 Å². The highest BCUT2D eigenvalue weighted by Gasteiger charge is 2.38. The van der Waals surface area contributed by atoms with Crippen LogP contribution in [0.2, 0.25) is 18.1 Å². The standard InChI is InChI=1S/C33H37N3O2Si/c1-24-12-17-27(18-13-24)30-23-34-32(29(35-30)21-16-25-10-8-7-9-11-25)36-31(37)22-26-14-19-28(20-15-26)38-39(5,6)33(2,3)4/h7-21,23H,22H2,1-6H3,(H,34,36,37)/b21-16-. The Morgan fingerprint density at radius 1 is 0.923 bits per heavy atom. The van der Waals surface area contributed by atoms with Gasteiger partial charge in [-0.15, -0.1) is 0 Å². The van der Waals surface area contributed by atoms with Crippen molar-refractivity contribution in [3.8, 4) is 17.0 Å². The zero-order chi connectivity index (χ0) is 28.0. The molecule has 0 aliphatic rings. The Bertz CT molecular complexity index is 1440. The van der Waals surface area contributed by atoms with Gasteiger partial charge in [0.05, 0.1) is 18.3 Å². The maximum absolute atomic E-state index is 13.0. The number of benzene rings is 3. The molecule has 0 saturated heterocycles. The first-order chi connectivity index (χ1) is 18.5. The molecule has 200 valence electrons.